The Bertz CT molecular complexity index is 905. The molecule has 5 rings (SSSR count). The molecular weight excluding hydrogens is 384 g/mol. The third-order valence-corrected chi connectivity index (χ3v) is 9.95. The van der Waals surface area contributed by atoms with Crippen LogP contribution in [0.25, 0.3) is 0 Å². The van der Waals surface area contributed by atoms with E-state index in [1.165, 1.54) is 12.8 Å². The number of rotatable bonds is 2. The van der Waals surface area contributed by atoms with Crippen molar-refractivity contribution in [2.75, 3.05) is 7.05 Å². The van der Waals surface area contributed by atoms with Gasteiger partial charge in [-0.1, -0.05) is 20.8 Å². The van der Waals surface area contributed by atoms with Crippen LogP contribution < -0.4 is 4.74 Å². The first-order chi connectivity index (χ1) is 14.7. The Kier molecular flexibility index (Phi) is 4.88. The minimum absolute atomic E-state index is 0.257. The summed E-state index contributed by atoms with van der Waals surface area (Å²) in [5.41, 5.74) is 1.29. The number of nitrogens with zero attached hydrogens (tertiary/aromatic N) is 2. The second-order valence-corrected chi connectivity index (χ2v) is 11.5. The van der Waals surface area contributed by atoms with Crippen molar-refractivity contribution >= 4 is 5.91 Å². The Balaban J connectivity index is 1.38. The van der Waals surface area contributed by atoms with Gasteiger partial charge in [0.25, 0.3) is 0 Å². The van der Waals surface area contributed by atoms with E-state index in [1.54, 1.807) is 0 Å². The topological polar surface area (TPSA) is 53.3 Å². The van der Waals surface area contributed by atoms with Crippen molar-refractivity contribution < 1.29 is 9.53 Å². The summed E-state index contributed by atoms with van der Waals surface area (Å²) in [6.45, 7) is 7.45. The maximum atomic E-state index is 12.4. The maximum Gasteiger partial charge on any atom is 0.222 e. The monoisotopic (exact) mass is 420 g/mol. The van der Waals surface area contributed by atoms with Gasteiger partial charge in [0.1, 0.15) is 5.75 Å². The average molecular weight is 421 g/mol. The number of piperidine rings is 1. The van der Waals surface area contributed by atoms with E-state index in [-0.39, 0.29) is 11.5 Å². The van der Waals surface area contributed by atoms with Gasteiger partial charge in [0.15, 0.2) is 0 Å². The number of carbonyl (C=O) groups is 1. The Morgan fingerprint density at radius 3 is 2.58 bits per heavy atom. The molecule has 8 atom stereocenters. The van der Waals surface area contributed by atoms with Crippen LogP contribution in [-0.2, 0) is 4.79 Å². The van der Waals surface area contributed by atoms with Crippen LogP contribution in [0.15, 0.2) is 24.3 Å². The van der Waals surface area contributed by atoms with Gasteiger partial charge in [-0.25, -0.2) is 0 Å². The number of hydrogen-bond acceptors (Lipinski definition) is 3. The first-order valence-corrected chi connectivity index (χ1v) is 12.2. The number of likely N-dealkylation sites (tertiary alicyclic amines) is 1. The molecule has 1 aromatic carbocycles. The highest BCUT2D eigenvalue weighted by atomic mass is 16.5. The molecule has 3 aliphatic carbocycles. The zero-order valence-electron chi connectivity index (χ0n) is 19.4. The van der Waals surface area contributed by atoms with Crippen molar-refractivity contribution in [2.45, 2.75) is 77.9 Å². The van der Waals surface area contributed by atoms with E-state index in [9.17, 15) is 4.79 Å². The van der Waals surface area contributed by atoms with Gasteiger partial charge >= 0.3 is 0 Å². The van der Waals surface area contributed by atoms with E-state index in [0.29, 0.717) is 47.1 Å². The van der Waals surface area contributed by atoms with Crippen molar-refractivity contribution in [1.29, 1.82) is 5.26 Å². The molecule has 1 amide bonds. The van der Waals surface area contributed by atoms with E-state index in [0.717, 1.165) is 37.4 Å². The Morgan fingerprint density at radius 1 is 1.13 bits per heavy atom. The summed E-state index contributed by atoms with van der Waals surface area (Å²) in [6, 6.07) is 10.2. The van der Waals surface area contributed by atoms with Crippen molar-refractivity contribution in [3.8, 4) is 11.8 Å². The van der Waals surface area contributed by atoms with Crippen LogP contribution in [-0.4, -0.2) is 30.0 Å². The minimum Gasteiger partial charge on any atom is -0.490 e. The molecule has 1 aliphatic heterocycles. The first kappa shape index (κ1) is 20.9. The fraction of sp³-hybridized carbons (Fsp3) is 0.704. The van der Waals surface area contributed by atoms with Crippen molar-refractivity contribution in [2.24, 2.45) is 34.5 Å². The Labute approximate surface area is 186 Å². The molecule has 1 heterocycles. The van der Waals surface area contributed by atoms with Crippen LogP contribution in [0.2, 0.25) is 0 Å². The summed E-state index contributed by atoms with van der Waals surface area (Å²) in [5, 5.41) is 9.04. The minimum atomic E-state index is 0.257. The standard InChI is InChI=1S/C27H36N2O2/c1-17-13-23-27(3,12-10-24(30)29(23)4)21-9-11-26(2)15-20(14-22(26)25(17)21)31-19-7-5-18(16-28)6-8-19/h5-8,17,20-23,25H,9-15H2,1-4H3/t17?,20-,21-,22-,23+,25?,26+,27+/m0/s1. The number of hydrogen-bond donors (Lipinski definition) is 0. The molecule has 4 heteroatoms. The lowest BCUT2D eigenvalue weighted by molar-refractivity contribution is -0.164. The van der Waals surface area contributed by atoms with Gasteiger partial charge in [0.05, 0.1) is 17.7 Å². The fourth-order valence-electron chi connectivity index (χ4n) is 8.35. The van der Waals surface area contributed by atoms with Crippen LogP contribution in [0.4, 0.5) is 0 Å². The van der Waals surface area contributed by atoms with Crippen molar-refractivity contribution in [3.63, 3.8) is 0 Å². The van der Waals surface area contributed by atoms with Gasteiger partial charge < -0.3 is 9.64 Å². The maximum absolute atomic E-state index is 12.4. The lowest BCUT2D eigenvalue weighted by Gasteiger charge is -2.63. The molecule has 2 unspecified atom stereocenters. The molecule has 31 heavy (non-hydrogen) atoms. The Morgan fingerprint density at radius 2 is 1.87 bits per heavy atom. The zero-order chi connectivity index (χ0) is 22.0. The van der Waals surface area contributed by atoms with Crippen LogP contribution >= 0.6 is 0 Å². The second kappa shape index (κ2) is 7.26. The van der Waals surface area contributed by atoms with E-state index < -0.39 is 0 Å². The van der Waals surface area contributed by atoms with Gasteiger partial charge in [-0.2, -0.15) is 5.26 Å². The molecule has 3 saturated carbocycles. The molecule has 4 fully saturated rings. The van der Waals surface area contributed by atoms with Gasteiger partial charge in [0, 0.05) is 19.5 Å². The van der Waals surface area contributed by atoms with E-state index in [1.807, 2.05) is 31.3 Å². The van der Waals surface area contributed by atoms with E-state index >= 15 is 0 Å². The number of ether oxygens (including phenoxy) is 1. The van der Waals surface area contributed by atoms with E-state index in [4.69, 9.17) is 10.00 Å². The largest absolute Gasteiger partial charge is 0.490 e. The third-order valence-electron chi connectivity index (χ3n) is 9.95. The number of amides is 1. The number of benzene rings is 1. The summed E-state index contributed by atoms with van der Waals surface area (Å²) in [4.78, 5) is 14.5. The van der Waals surface area contributed by atoms with Crippen molar-refractivity contribution in [3.05, 3.63) is 29.8 Å². The highest BCUT2D eigenvalue weighted by Crippen LogP contribution is 2.66. The van der Waals surface area contributed by atoms with Crippen LogP contribution in [0.1, 0.15) is 71.3 Å². The van der Waals surface area contributed by atoms with Gasteiger partial charge in [0.2, 0.25) is 5.91 Å². The molecule has 0 N–H and O–H groups in total. The highest BCUT2D eigenvalue weighted by Gasteiger charge is 2.62. The molecule has 0 radical (unpaired) electrons. The Hall–Kier alpha value is -2.02. The molecule has 0 spiro atoms. The summed E-state index contributed by atoms with van der Waals surface area (Å²) >= 11 is 0. The molecule has 1 aromatic rings. The molecule has 0 bridgehead atoms. The molecule has 4 aliphatic rings. The lowest BCUT2D eigenvalue weighted by Crippen LogP contribution is -2.62. The van der Waals surface area contributed by atoms with Gasteiger partial charge in [-0.05, 0) is 97.3 Å². The molecule has 1 saturated heterocycles. The molecule has 0 aromatic heterocycles. The normalized spacial score (nSPS) is 44.1. The number of fused-ring (bicyclic) bond motifs is 5. The van der Waals surface area contributed by atoms with Crippen LogP contribution in [0.5, 0.6) is 5.75 Å². The molecular formula is C27H36N2O2. The summed E-state index contributed by atoms with van der Waals surface area (Å²) in [7, 11) is 2.04. The van der Waals surface area contributed by atoms with Gasteiger partial charge in [-0.15, -0.1) is 0 Å². The lowest BCUT2D eigenvalue weighted by atomic mass is 9.45. The highest BCUT2D eigenvalue weighted by molar-refractivity contribution is 5.77. The number of carbonyl (C=O) groups excluding carboxylic acids is 1. The van der Waals surface area contributed by atoms with Crippen LogP contribution in [0, 0.1) is 45.8 Å². The third kappa shape index (κ3) is 3.19. The summed E-state index contributed by atoms with van der Waals surface area (Å²) in [6.07, 6.45) is 8.02. The first-order valence-electron chi connectivity index (χ1n) is 12.2. The zero-order valence-corrected chi connectivity index (χ0v) is 19.4. The SMILES string of the molecule is CC1C[C@H]2N(C)C(=O)CC[C@]2(C)[C@H]2CC[C@]3(C)C[C@@H](Oc4ccc(C#N)cc4)C[C@H]3C12. The predicted octanol–water partition coefficient (Wildman–Crippen LogP) is 5.42. The smallest absolute Gasteiger partial charge is 0.222 e. The quantitative estimate of drug-likeness (QED) is 0.642. The average Bonchev–Trinajstić information content (AvgIpc) is 3.09. The fourth-order valence-corrected chi connectivity index (χ4v) is 8.35. The summed E-state index contributed by atoms with van der Waals surface area (Å²) < 4.78 is 6.45. The van der Waals surface area contributed by atoms with Crippen molar-refractivity contribution in [1.82, 2.24) is 4.90 Å². The number of nitriles is 1. The molecule has 4 nitrogen and oxygen atoms in total. The van der Waals surface area contributed by atoms with E-state index in [2.05, 4.69) is 31.7 Å². The molecule has 166 valence electrons. The van der Waals surface area contributed by atoms with Gasteiger partial charge in [-0.3, -0.25) is 4.79 Å². The second-order valence-electron chi connectivity index (χ2n) is 11.5. The predicted molar refractivity (Wildman–Crippen MR) is 120 cm³/mol. The summed E-state index contributed by atoms with van der Waals surface area (Å²) in [5.74, 6) is 4.02. The van der Waals surface area contributed by atoms with Crippen LogP contribution in [0.3, 0.4) is 0 Å².